The highest BCUT2D eigenvalue weighted by Gasteiger charge is 2.09. The van der Waals surface area contributed by atoms with Crippen LogP contribution in [0.15, 0.2) is 60.1 Å². The lowest BCUT2D eigenvalue weighted by atomic mass is 10.2. The molecule has 1 N–H and O–H groups in total. The molecule has 3 aromatic rings. The smallest absolute Gasteiger partial charge is 0.136 e. The Morgan fingerprint density at radius 2 is 1.88 bits per heavy atom. The lowest BCUT2D eigenvalue weighted by molar-refractivity contribution is 0.415. The van der Waals surface area contributed by atoms with E-state index in [4.69, 9.17) is 9.47 Å². The summed E-state index contributed by atoms with van der Waals surface area (Å²) in [4.78, 5) is 4.58. The second kappa shape index (κ2) is 8.19. The van der Waals surface area contributed by atoms with Gasteiger partial charge in [0.2, 0.25) is 0 Å². The summed E-state index contributed by atoms with van der Waals surface area (Å²) in [6, 6.07) is 17.4. The van der Waals surface area contributed by atoms with Crippen molar-refractivity contribution in [1.82, 2.24) is 4.98 Å². The average Bonchev–Trinajstić information content (AvgIpc) is 3.19. The minimum atomic E-state index is 0.470. The quantitative estimate of drug-likeness (QED) is 0.637. The van der Waals surface area contributed by atoms with Gasteiger partial charge >= 0.3 is 0 Å². The summed E-state index contributed by atoms with van der Waals surface area (Å²) in [5.74, 6) is 1.54. The van der Waals surface area contributed by atoms with Crippen molar-refractivity contribution in [3.05, 3.63) is 65.1 Å². The Morgan fingerprint density at radius 3 is 2.58 bits per heavy atom. The zero-order chi connectivity index (χ0) is 18.4. The number of nitrogens with one attached hydrogen (secondary N) is 1. The molecule has 5 nitrogen and oxygen atoms in total. The van der Waals surface area contributed by atoms with Crippen LogP contribution in [0.3, 0.4) is 0 Å². The number of hydrogen-bond acceptors (Lipinski definition) is 6. The van der Waals surface area contributed by atoms with Gasteiger partial charge in [0.25, 0.3) is 0 Å². The SMILES string of the molecule is COc1ccc(-c2csc(/C(C#N)=C/Nc3cccc(OC)c3)n2)cc1. The van der Waals surface area contributed by atoms with E-state index >= 15 is 0 Å². The largest absolute Gasteiger partial charge is 0.497 e. The summed E-state index contributed by atoms with van der Waals surface area (Å²) in [5.41, 5.74) is 3.11. The molecule has 0 spiro atoms. The van der Waals surface area contributed by atoms with Crippen LogP contribution in [0.1, 0.15) is 5.01 Å². The molecular formula is C20H17N3O2S. The Hall–Kier alpha value is -3.30. The van der Waals surface area contributed by atoms with Crippen molar-refractivity contribution in [1.29, 1.82) is 5.26 Å². The van der Waals surface area contributed by atoms with E-state index in [-0.39, 0.29) is 0 Å². The van der Waals surface area contributed by atoms with Crippen LogP contribution in [0, 0.1) is 11.3 Å². The lowest BCUT2D eigenvalue weighted by Crippen LogP contribution is -1.92. The van der Waals surface area contributed by atoms with E-state index in [2.05, 4.69) is 16.4 Å². The highest BCUT2D eigenvalue weighted by Crippen LogP contribution is 2.27. The molecule has 0 amide bonds. The molecule has 0 saturated carbocycles. The van der Waals surface area contributed by atoms with Crippen LogP contribution in [0.4, 0.5) is 5.69 Å². The molecule has 0 radical (unpaired) electrons. The van der Waals surface area contributed by atoms with Crippen molar-refractivity contribution in [3.63, 3.8) is 0 Å². The normalized spacial score (nSPS) is 10.9. The summed E-state index contributed by atoms with van der Waals surface area (Å²) in [6.45, 7) is 0. The minimum Gasteiger partial charge on any atom is -0.497 e. The molecule has 2 aromatic carbocycles. The Morgan fingerprint density at radius 1 is 1.12 bits per heavy atom. The van der Waals surface area contributed by atoms with Crippen LogP contribution in [0.25, 0.3) is 16.8 Å². The Balaban J connectivity index is 1.80. The number of ether oxygens (including phenoxy) is 2. The number of allylic oxidation sites excluding steroid dienone is 1. The molecule has 0 aliphatic rings. The van der Waals surface area contributed by atoms with E-state index in [0.717, 1.165) is 28.4 Å². The van der Waals surface area contributed by atoms with E-state index in [1.807, 2.05) is 53.9 Å². The second-order valence-corrected chi connectivity index (χ2v) is 6.17. The topological polar surface area (TPSA) is 67.2 Å². The first-order chi connectivity index (χ1) is 12.7. The van der Waals surface area contributed by atoms with E-state index in [1.165, 1.54) is 11.3 Å². The maximum Gasteiger partial charge on any atom is 0.136 e. The molecule has 0 atom stereocenters. The van der Waals surface area contributed by atoms with E-state index in [0.29, 0.717) is 10.6 Å². The summed E-state index contributed by atoms with van der Waals surface area (Å²) in [6.07, 6.45) is 1.66. The summed E-state index contributed by atoms with van der Waals surface area (Å²) >= 11 is 1.43. The Kier molecular flexibility index (Phi) is 5.52. The molecule has 0 aliphatic carbocycles. The average molecular weight is 363 g/mol. The Bertz CT molecular complexity index is 956. The van der Waals surface area contributed by atoms with Crippen LogP contribution >= 0.6 is 11.3 Å². The minimum absolute atomic E-state index is 0.470. The molecule has 1 heterocycles. The third-order valence-corrected chi connectivity index (χ3v) is 4.57. The molecule has 3 rings (SSSR count). The van der Waals surface area contributed by atoms with Gasteiger partial charge in [0.15, 0.2) is 0 Å². The molecule has 6 heteroatoms. The number of anilines is 1. The van der Waals surface area contributed by atoms with Gasteiger partial charge in [-0.1, -0.05) is 6.07 Å². The van der Waals surface area contributed by atoms with E-state index in [1.54, 1.807) is 20.4 Å². The number of nitrogens with zero attached hydrogens (tertiary/aromatic N) is 2. The zero-order valence-electron chi connectivity index (χ0n) is 14.4. The number of rotatable bonds is 6. The van der Waals surface area contributed by atoms with Crippen molar-refractivity contribution >= 4 is 22.6 Å². The first-order valence-corrected chi connectivity index (χ1v) is 8.72. The van der Waals surface area contributed by atoms with Gasteiger partial charge in [-0.2, -0.15) is 5.26 Å². The summed E-state index contributed by atoms with van der Waals surface area (Å²) in [7, 11) is 3.25. The third-order valence-electron chi connectivity index (χ3n) is 3.69. The molecule has 26 heavy (non-hydrogen) atoms. The maximum atomic E-state index is 9.47. The van der Waals surface area contributed by atoms with Gasteiger partial charge < -0.3 is 14.8 Å². The molecule has 0 fully saturated rings. The molecule has 0 bridgehead atoms. The van der Waals surface area contributed by atoms with Crippen LogP contribution in [0.2, 0.25) is 0 Å². The fraction of sp³-hybridized carbons (Fsp3) is 0.100. The maximum absolute atomic E-state index is 9.47. The van der Waals surface area contributed by atoms with Gasteiger partial charge in [-0.3, -0.25) is 0 Å². The van der Waals surface area contributed by atoms with Crippen LogP contribution in [-0.4, -0.2) is 19.2 Å². The van der Waals surface area contributed by atoms with Crippen molar-refractivity contribution < 1.29 is 9.47 Å². The van der Waals surface area contributed by atoms with E-state index < -0.39 is 0 Å². The van der Waals surface area contributed by atoms with Crippen LogP contribution < -0.4 is 14.8 Å². The second-order valence-electron chi connectivity index (χ2n) is 5.31. The standard InChI is InChI=1S/C20H17N3O2S/c1-24-17-8-6-14(7-9-17)19-13-26-20(23-19)15(11-21)12-22-16-4-3-5-18(10-16)25-2/h3-10,12-13,22H,1-2H3/b15-12+. The number of aromatic nitrogens is 1. The van der Waals surface area contributed by atoms with Crippen molar-refractivity contribution in [3.8, 4) is 28.8 Å². The van der Waals surface area contributed by atoms with Gasteiger partial charge in [0.1, 0.15) is 28.1 Å². The van der Waals surface area contributed by atoms with Crippen molar-refractivity contribution in [2.75, 3.05) is 19.5 Å². The zero-order valence-corrected chi connectivity index (χ0v) is 15.2. The van der Waals surface area contributed by atoms with Gasteiger partial charge in [-0.15, -0.1) is 11.3 Å². The highest BCUT2D eigenvalue weighted by molar-refractivity contribution is 7.11. The third kappa shape index (κ3) is 4.02. The predicted molar refractivity (Wildman–Crippen MR) is 104 cm³/mol. The van der Waals surface area contributed by atoms with Gasteiger partial charge in [-0.05, 0) is 36.4 Å². The van der Waals surface area contributed by atoms with Gasteiger partial charge in [-0.25, -0.2) is 4.98 Å². The van der Waals surface area contributed by atoms with Crippen molar-refractivity contribution in [2.45, 2.75) is 0 Å². The molecule has 1 aromatic heterocycles. The number of benzene rings is 2. The van der Waals surface area contributed by atoms with E-state index in [9.17, 15) is 5.26 Å². The fourth-order valence-electron chi connectivity index (χ4n) is 2.30. The van der Waals surface area contributed by atoms with Gasteiger partial charge in [0.05, 0.1) is 19.9 Å². The number of methoxy groups -OCH3 is 2. The Labute approximate surface area is 156 Å². The molecule has 0 aliphatic heterocycles. The first-order valence-electron chi connectivity index (χ1n) is 7.84. The monoisotopic (exact) mass is 363 g/mol. The number of hydrogen-bond donors (Lipinski definition) is 1. The molecule has 0 saturated heterocycles. The van der Waals surface area contributed by atoms with Crippen LogP contribution in [-0.2, 0) is 0 Å². The highest BCUT2D eigenvalue weighted by atomic mass is 32.1. The molecule has 0 unspecified atom stereocenters. The lowest BCUT2D eigenvalue weighted by Gasteiger charge is -2.04. The summed E-state index contributed by atoms with van der Waals surface area (Å²) in [5, 5.41) is 15.2. The number of thiazole rings is 1. The molecular weight excluding hydrogens is 346 g/mol. The fourth-order valence-corrected chi connectivity index (χ4v) is 3.10. The summed E-state index contributed by atoms with van der Waals surface area (Å²) < 4.78 is 10.4. The van der Waals surface area contributed by atoms with Crippen LogP contribution in [0.5, 0.6) is 11.5 Å². The molecule has 130 valence electrons. The van der Waals surface area contributed by atoms with Crippen molar-refractivity contribution in [2.24, 2.45) is 0 Å². The number of nitriles is 1. The van der Waals surface area contributed by atoms with Gasteiger partial charge in [0, 0.05) is 28.9 Å². The first kappa shape index (κ1) is 17.5. The predicted octanol–water partition coefficient (Wildman–Crippen LogP) is 4.80.